The Kier molecular flexibility index (Phi) is 3.86. The molecule has 94 valence electrons. The van der Waals surface area contributed by atoms with Gasteiger partial charge in [0.1, 0.15) is 23.8 Å². The Bertz CT molecular complexity index is 402. The molecule has 0 heterocycles. The zero-order chi connectivity index (χ0) is 12.4. The molecule has 0 saturated heterocycles. The van der Waals surface area contributed by atoms with Crippen LogP contribution in [-0.4, -0.2) is 32.4 Å². The SMILES string of the molecule is CNC1CC(Oc2ccc(Cl)c(F)c2)C1OC. The molecule has 1 aromatic carbocycles. The largest absolute Gasteiger partial charge is 0.487 e. The smallest absolute Gasteiger partial charge is 0.145 e. The van der Waals surface area contributed by atoms with Crippen molar-refractivity contribution in [2.24, 2.45) is 0 Å². The number of hydrogen-bond donors (Lipinski definition) is 1. The lowest BCUT2D eigenvalue weighted by molar-refractivity contribution is -0.0870. The molecule has 1 fully saturated rings. The van der Waals surface area contributed by atoms with Gasteiger partial charge in [0.15, 0.2) is 0 Å². The van der Waals surface area contributed by atoms with Crippen molar-refractivity contribution in [3.63, 3.8) is 0 Å². The van der Waals surface area contributed by atoms with Crippen molar-refractivity contribution in [3.05, 3.63) is 29.0 Å². The highest BCUT2D eigenvalue weighted by Gasteiger charge is 2.42. The van der Waals surface area contributed by atoms with E-state index in [1.807, 2.05) is 7.05 Å². The summed E-state index contributed by atoms with van der Waals surface area (Å²) in [7, 11) is 3.53. The molecule has 0 radical (unpaired) electrons. The van der Waals surface area contributed by atoms with Gasteiger partial charge in [0, 0.05) is 25.6 Å². The average Bonchev–Trinajstić information content (AvgIpc) is 2.29. The van der Waals surface area contributed by atoms with E-state index < -0.39 is 5.82 Å². The summed E-state index contributed by atoms with van der Waals surface area (Å²) >= 11 is 5.60. The monoisotopic (exact) mass is 259 g/mol. The molecule has 0 amide bonds. The summed E-state index contributed by atoms with van der Waals surface area (Å²) in [4.78, 5) is 0. The minimum atomic E-state index is -0.470. The third kappa shape index (κ3) is 2.54. The fourth-order valence-corrected chi connectivity index (χ4v) is 2.14. The molecule has 2 rings (SSSR count). The van der Waals surface area contributed by atoms with Crippen LogP contribution in [0.4, 0.5) is 4.39 Å². The Balaban J connectivity index is 2.00. The quantitative estimate of drug-likeness (QED) is 0.900. The molecule has 17 heavy (non-hydrogen) atoms. The lowest BCUT2D eigenvalue weighted by atomic mass is 9.85. The van der Waals surface area contributed by atoms with E-state index in [2.05, 4.69) is 5.32 Å². The maximum absolute atomic E-state index is 13.2. The molecule has 1 aromatic rings. The lowest BCUT2D eigenvalue weighted by Gasteiger charge is -2.42. The number of rotatable bonds is 4. The maximum atomic E-state index is 13.2. The summed E-state index contributed by atoms with van der Waals surface area (Å²) in [6, 6.07) is 4.73. The van der Waals surface area contributed by atoms with Gasteiger partial charge in [0.2, 0.25) is 0 Å². The van der Waals surface area contributed by atoms with Crippen LogP contribution in [0.25, 0.3) is 0 Å². The Morgan fingerprint density at radius 2 is 2.24 bits per heavy atom. The van der Waals surface area contributed by atoms with Crippen molar-refractivity contribution < 1.29 is 13.9 Å². The van der Waals surface area contributed by atoms with Crippen LogP contribution in [0, 0.1) is 5.82 Å². The third-order valence-electron chi connectivity index (χ3n) is 3.07. The zero-order valence-electron chi connectivity index (χ0n) is 9.74. The first kappa shape index (κ1) is 12.6. The second-order valence-corrected chi connectivity index (χ2v) is 4.47. The summed E-state index contributed by atoms with van der Waals surface area (Å²) in [5, 5.41) is 3.24. The van der Waals surface area contributed by atoms with Crippen LogP contribution in [0.1, 0.15) is 6.42 Å². The highest BCUT2D eigenvalue weighted by atomic mass is 35.5. The average molecular weight is 260 g/mol. The highest BCUT2D eigenvalue weighted by molar-refractivity contribution is 6.30. The van der Waals surface area contributed by atoms with Crippen LogP contribution in [-0.2, 0) is 4.74 Å². The Morgan fingerprint density at radius 3 is 2.82 bits per heavy atom. The topological polar surface area (TPSA) is 30.5 Å². The molecule has 0 aromatic heterocycles. The number of halogens is 2. The van der Waals surface area contributed by atoms with Gasteiger partial charge in [-0.3, -0.25) is 0 Å². The third-order valence-corrected chi connectivity index (χ3v) is 3.38. The van der Waals surface area contributed by atoms with Crippen molar-refractivity contribution in [2.45, 2.75) is 24.7 Å². The fourth-order valence-electron chi connectivity index (χ4n) is 2.02. The fraction of sp³-hybridized carbons (Fsp3) is 0.500. The first-order valence-electron chi connectivity index (χ1n) is 5.47. The van der Waals surface area contributed by atoms with Gasteiger partial charge in [-0.2, -0.15) is 0 Å². The van der Waals surface area contributed by atoms with E-state index in [1.165, 1.54) is 12.1 Å². The Morgan fingerprint density at radius 1 is 1.47 bits per heavy atom. The van der Waals surface area contributed by atoms with Crippen LogP contribution in [0.2, 0.25) is 5.02 Å². The molecule has 1 aliphatic rings. The predicted molar refractivity (Wildman–Crippen MR) is 64.1 cm³/mol. The highest BCUT2D eigenvalue weighted by Crippen LogP contribution is 2.29. The van der Waals surface area contributed by atoms with E-state index >= 15 is 0 Å². The zero-order valence-corrected chi connectivity index (χ0v) is 10.5. The molecule has 1 N–H and O–H groups in total. The van der Waals surface area contributed by atoms with Crippen molar-refractivity contribution in [1.29, 1.82) is 0 Å². The van der Waals surface area contributed by atoms with Gasteiger partial charge in [0.25, 0.3) is 0 Å². The molecule has 0 spiro atoms. The van der Waals surface area contributed by atoms with Crippen molar-refractivity contribution >= 4 is 11.6 Å². The van der Waals surface area contributed by atoms with Gasteiger partial charge in [-0.1, -0.05) is 11.6 Å². The summed E-state index contributed by atoms with van der Waals surface area (Å²) in [6.07, 6.45) is 0.802. The molecule has 3 nitrogen and oxygen atoms in total. The number of methoxy groups -OCH3 is 1. The van der Waals surface area contributed by atoms with E-state index in [1.54, 1.807) is 13.2 Å². The van der Waals surface area contributed by atoms with Gasteiger partial charge < -0.3 is 14.8 Å². The van der Waals surface area contributed by atoms with E-state index in [4.69, 9.17) is 21.1 Å². The number of likely N-dealkylation sites (N-methyl/N-ethyl adjacent to an activating group) is 1. The Hall–Kier alpha value is -0.840. The van der Waals surface area contributed by atoms with Crippen molar-refractivity contribution in [1.82, 2.24) is 5.32 Å². The first-order chi connectivity index (χ1) is 8.15. The van der Waals surface area contributed by atoms with Gasteiger partial charge in [-0.15, -0.1) is 0 Å². The van der Waals surface area contributed by atoms with Crippen LogP contribution in [0.3, 0.4) is 0 Å². The summed E-state index contributed by atoms with van der Waals surface area (Å²) in [5.74, 6) is 0.0103. The van der Waals surface area contributed by atoms with E-state index in [0.29, 0.717) is 11.8 Å². The van der Waals surface area contributed by atoms with Crippen molar-refractivity contribution in [3.8, 4) is 5.75 Å². The van der Waals surface area contributed by atoms with E-state index in [0.717, 1.165) is 6.42 Å². The summed E-state index contributed by atoms with van der Waals surface area (Å²) < 4.78 is 24.2. The maximum Gasteiger partial charge on any atom is 0.145 e. The second kappa shape index (κ2) is 5.21. The summed E-state index contributed by atoms with van der Waals surface area (Å²) in [6.45, 7) is 0. The van der Waals surface area contributed by atoms with Crippen LogP contribution in [0.5, 0.6) is 5.75 Å². The summed E-state index contributed by atoms with van der Waals surface area (Å²) in [5.41, 5.74) is 0. The molecular formula is C12H15ClFNO2. The molecule has 5 heteroatoms. The van der Waals surface area contributed by atoms with E-state index in [9.17, 15) is 4.39 Å². The molecule has 3 unspecified atom stereocenters. The normalized spacial score (nSPS) is 27.6. The standard InChI is InChI=1S/C12H15ClFNO2/c1-15-10-6-11(12(10)16-2)17-7-3-4-8(13)9(14)5-7/h3-5,10-12,15H,6H2,1-2H3. The molecule has 1 saturated carbocycles. The molecule has 3 atom stereocenters. The minimum Gasteiger partial charge on any atom is -0.487 e. The van der Waals surface area contributed by atoms with Crippen LogP contribution < -0.4 is 10.1 Å². The van der Waals surface area contributed by atoms with Crippen LogP contribution >= 0.6 is 11.6 Å². The predicted octanol–water partition coefficient (Wildman–Crippen LogP) is 2.23. The first-order valence-corrected chi connectivity index (χ1v) is 5.85. The molecule has 0 bridgehead atoms. The second-order valence-electron chi connectivity index (χ2n) is 4.06. The van der Waals surface area contributed by atoms with E-state index in [-0.39, 0.29) is 17.2 Å². The molecule has 1 aliphatic carbocycles. The molecule has 0 aliphatic heterocycles. The lowest BCUT2D eigenvalue weighted by Crippen LogP contribution is -2.60. The molecular weight excluding hydrogens is 245 g/mol. The number of hydrogen-bond acceptors (Lipinski definition) is 3. The van der Waals surface area contributed by atoms with Gasteiger partial charge >= 0.3 is 0 Å². The minimum absolute atomic E-state index is 0.00117. The Labute approximate surface area is 105 Å². The van der Waals surface area contributed by atoms with Gasteiger partial charge in [0.05, 0.1) is 5.02 Å². The van der Waals surface area contributed by atoms with Crippen LogP contribution in [0.15, 0.2) is 18.2 Å². The number of ether oxygens (including phenoxy) is 2. The van der Waals surface area contributed by atoms with Gasteiger partial charge in [-0.05, 0) is 19.2 Å². The van der Waals surface area contributed by atoms with Crippen molar-refractivity contribution in [2.75, 3.05) is 14.2 Å². The number of benzene rings is 1. The van der Waals surface area contributed by atoms with Gasteiger partial charge in [-0.25, -0.2) is 4.39 Å². The number of nitrogens with one attached hydrogen (secondary N) is 1.